The van der Waals surface area contributed by atoms with Crippen molar-refractivity contribution < 1.29 is 4.79 Å². The number of carbonyl (C=O) groups excluding carboxylic acids is 1. The predicted octanol–water partition coefficient (Wildman–Crippen LogP) is 3.36. The first-order valence-corrected chi connectivity index (χ1v) is 7.04. The van der Waals surface area contributed by atoms with Crippen molar-refractivity contribution in [1.29, 1.82) is 0 Å². The molecule has 19 heavy (non-hydrogen) atoms. The fourth-order valence-electron chi connectivity index (χ4n) is 1.81. The third-order valence-electron chi connectivity index (χ3n) is 2.74. The van der Waals surface area contributed by atoms with Crippen LogP contribution in [0.3, 0.4) is 0 Å². The van der Waals surface area contributed by atoms with Gasteiger partial charge in [-0.25, -0.2) is 0 Å². The first-order chi connectivity index (χ1) is 8.90. The largest absolute Gasteiger partial charge is 0.376 e. The second-order valence-corrected chi connectivity index (χ2v) is 5.95. The van der Waals surface area contributed by atoms with E-state index in [2.05, 4.69) is 29.7 Å². The molecule has 3 heteroatoms. The lowest BCUT2D eigenvalue weighted by Gasteiger charge is -2.20. The second-order valence-electron chi connectivity index (χ2n) is 5.95. The van der Waals surface area contributed by atoms with Crippen molar-refractivity contribution in [3.8, 4) is 0 Å². The Morgan fingerprint density at radius 2 is 1.79 bits per heavy atom. The molecule has 3 nitrogen and oxygen atoms in total. The number of rotatable bonds is 6. The first kappa shape index (κ1) is 15.5. The van der Waals surface area contributed by atoms with Crippen LogP contribution in [0.25, 0.3) is 0 Å². The van der Waals surface area contributed by atoms with Crippen LogP contribution in [0.1, 0.15) is 46.1 Å². The van der Waals surface area contributed by atoms with Crippen LogP contribution in [-0.2, 0) is 11.2 Å². The summed E-state index contributed by atoms with van der Waals surface area (Å²) in [7, 11) is 0. The zero-order valence-electron chi connectivity index (χ0n) is 12.5. The molecule has 1 amide bonds. The molecule has 0 bridgehead atoms. The van der Waals surface area contributed by atoms with Gasteiger partial charge in [-0.05, 0) is 51.3 Å². The molecule has 106 valence electrons. The Kier molecular flexibility index (Phi) is 5.87. The average Bonchev–Trinajstić information content (AvgIpc) is 2.33. The van der Waals surface area contributed by atoms with Gasteiger partial charge in [-0.2, -0.15) is 0 Å². The Balaban J connectivity index is 2.39. The van der Waals surface area contributed by atoms with Crippen molar-refractivity contribution in [3.05, 3.63) is 29.8 Å². The molecular weight excluding hydrogens is 236 g/mol. The smallest absolute Gasteiger partial charge is 0.239 e. The minimum atomic E-state index is -0.178. The summed E-state index contributed by atoms with van der Waals surface area (Å²) in [5.41, 5.74) is 2.17. The number of amides is 1. The van der Waals surface area contributed by atoms with Crippen molar-refractivity contribution in [3.63, 3.8) is 0 Å². The Hall–Kier alpha value is -1.51. The van der Waals surface area contributed by atoms with E-state index in [0.29, 0.717) is 6.54 Å². The molecule has 0 saturated carbocycles. The van der Waals surface area contributed by atoms with Gasteiger partial charge in [-0.3, -0.25) is 4.79 Å². The zero-order valence-corrected chi connectivity index (χ0v) is 12.5. The van der Waals surface area contributed by atoms with Gasteiger partial charge >= 0.3 is 0 Å². The summed E-state index contributed by atoms with van der Waals surface area (Å²) >= 11 is 0. The number of benzene rings is 1. The quantitative estimate of drug-likeness (QED) is 0.825. The van der Waals surface area contributed by atoms with Gasteiger partial charge < -0.3 is 10.6 Å². The number of hydrogen-bond acceptors (Lipinski definition) is 2. The highest BCUT2D eigenvalue weighted by atomic mass is 16.2. The molecule has 0 aromatic heterocycles. The summed E-state index contributed by atoms with van der Waals surface area (Å²) in [4.78, 5) is 11.7. The Labute approximate surface area is 116 Å². The van der Waals surface area contributed by atoms with Crippen LogP contribution in [-0.4, -0.2) is 18.0 Å². The van der Waals surface area contributed by atoms with E-state index < -0.39 is 0 Å². The van der Waals surface area contributed by atoms with Crippen LogP contribution in [0.2, 0.25) is 0 Å². The highest BCUT2D eigenvalue weighted by Gasteiger charge is 2.12. The SMILES string of the molecule is CCCCc1ccc(NCC(=O)NC(C)(C)C)cc1. The normalized spacial score (nSPS) is 11.2. The van der Waals surface area contributed by atoms with Crippen LogP contribution in [0.4, 0.5) is 5.69 Å². The molecule has 1 aromatic carbocycles. The number of hydrogen-bond donors (Lipinski definition) is 2. The van der Waals surface area contributed by atoms with E-state index in [4.69, 9.17) is 0 Å². The second kappa shape index (κ2) is 7.17. The minimum Gasteiger partial charge on any atom is -0.376 e. The van der Waals surface area contributed by atoms with Gasteiger partial charge in [-0.1, -0.05) is 25.5 Å². The lowest BCUT2D eigenvalue weighted by atomic mass is 10.1. The third-order valence-corrected chi connectivity index (χ3v) is 2.74. The maximum absolute atomic E-state index is 11.7. The van der Waals surface area contributed by atoms with E-state index >= 15 is 0 Å². The maximum Gasteiger partial charge on any atom is 0.239 e. The van der Waals surface area contributed by atoms with Crippen molar-refractivity contribution in [1.82, 2.24) is 5.32 Å². The molecule has 0 heterocycles. The number of unbranched alkanes of at least 4 members (excludes halogenated alkanes) is 1. The Bertz CT molecular complexity index is 390. The number of anilines is 1. The van der Waals surface area contributed by atoms with Crippen LogP contribution >= 0.6 is 0 Å². The number of aryl methyl sites for hydroxylation is 1. The summed E-state index contributed by atoms with van der Waals surface area (Å²) in [6.45, 7) is 8.45. The van der Waals surface area contributed by atoms with Gasteiger partial charge in [0.2, 0.25) is 5.91 Å². The lowest BCUT2D eigenvalue weighted by molar-refractivity contribution is -0.120. The minimum absolute atomic E-state index is 0.0163. The topological polar surface area (TPSA) is 41.1 Å². The van der Waals surface area contributed by atoms with E-state index in [-0.39, 0.29) is 11.4 Å². The Morgan fingerprint density at radius 3 is 2.32 bits per heavy atom. The molecule has 0 aliphatic rings. The maximum atomic E-state index is 11.7. The van der Waals surface area contributed by atoms with E-state index in [0.717, 1.165) is 12.1 Å². The van der Waals surface area contributed by atoms with Crippen LogP contribution in [0.5, 0.6) is 0 Å². The molecule has 0 spiro atoms. The highest BCUT2D eigenvalue weighted by Crippen LogP contribution is 2.11. The molecular formula is C16H26N2O. The molecule has 0 atom stereocenters. The average molecular weight is 262 g/mol. The summed E-state index contributed by atoms with van der Waals surface area (Å²) in [5, 5.41) is 6.07. The summed E-state index contributed by atoms with van der Waals surface area (Å²) in [5.74, 6) is 0.0163. The van der Waals surface area contributed by atoms with Crippen LogP contribution < -0.4 is 10.6 Å². The fraction of sp³-hybridized carbons (Fsp3) is 0.562. The summed E-state index contributed by atoms with van der Waals surface area (Å²) in [6, 6.07) is 8.32. The first-order valence-electron chi connectivity index (χ1n) is 7.04. The summed E-state index contributed by atoms with van der Waals surface area (Å²) in [6.07, 6.45) is 3.56. The zero-order chi connectivity index (χ0) is 14.3. The van der Waals surface area contributed by atoms with Gasteiger partial charge in [0.1, 0.15) is 0 Å². The lowest BCUT2D eigenvalue weighted by Crippen LogP contribution is -2.43. The molecule has 0 aliphatic heterocycles. The van der Waals surface area contributed by atoms with Crippen molar-refractivity contribution in [2.45, 2.75) is 52.5 Å². The highest BCUT2D eigenvalue weighted by molar-refractivity contribution is 5.81. The molecule has 2 N–H and O–H groups in total. The predicted molar refractivity (Wildman–Crippen MR) is 81.4 cm³/mol. The van der Waals surface area contributed by atoms with Gasteiger partial charge in [0.05, 0.1) is 6.54 Å². The van der Waals surface area contributed by atoms with Gasteiger partial charge in [0, 0.05) is 11.2 Å². The van der Waals surface area contributed by atoms with E-state index in [1.165, 1.54) is 18.4 Å². The summed E-state index contributed by atoms with van der Waals surface area (Å²) < 4.78 is 0. The van der Waals surface area contributed by atoms with Crippen molar-refractivity contribution >= 4 is 11.6 Å². The molecule has 0 unspecified atom stereocenters. The molecule has 0 fully saturated rings. The Morgan fingerprint density at radius 1 is 1.16 bits per heavy atom. The van der Waals surface area contributed by atoms with Gasteiger partial charge in [-0.15, -0.1) is 0 Å². The van der Waals surface area contributed by atoms with E-state index in [1.807, 2.05) is 32.9 Å². The van der Waals surface area contributed by atoms with Crippen LogP contribution in [0, 0.1) is 0 Å². The van der Waals surface area contributed by atoms with Crippen molar-refractivity contribution in [2.24, 2.45) is 0 Å². The number of nitrogens with one attached hydrogen (secondary N) is 2. The molecule has 1 aromatic rings. The molecule has 0 aliphatic carbocycles. The number of carbonyl (C=O) groups is 1. The standard InChI is InChI=1S/C16H26N2O/c1-5-6-7-13-8-10-14(11-9-13)17-12-15(19)18-16(2,3)4/h8-11,17H,5-7,12H2,1-4H3,(H,18,19). The van der Waals surface area contributed by atoms with E-state index in [1.54, 1.807) is 0 Å². The monoisotopic (exact) mass is 262 g/mol. The van der Waals surface area contributed by atoms with Gasteiger partial charge in [0.25, 0.3) is 0 Å². The third kappa shape index (κ3) is 6.85. The van der Waals surface area contributed by atoms with E-state index in [9.17, 15) is 4.79 Å². The van der Waals surface area contributed by atoms with Gasteiger partial charge in [0.15, 0.2) is 0 Å². The molecule has 0 radical (unpaired) electrons. The molecule has 0 saturated heterocycles. The van der Waals surface area contributed by atoms with Crippen molar-refractivity contribution in [2.75, 3.05) is 11.9 Å². The molecule has 1 rings (SSSR count). The van der Waals surface area contributed by atoms with Crippen LogP contribution in [0.15, 0.2) is 24.3 Å². The fourth-order valence-corrected chi connectivity index (χ4v) is 1.81.